The second-order valence-electron chi connectivity index (χ2n) is 9.89. The molecule has 0 aliphatic carbocycles. The number of ether oxygens (including phenoxy) is 3. The van der Waals surface area contributed by atoms with Gasteiger partial charge in [-0.2, -0.15) is 0 Å². The van der Waals surface area contributed by atoms with Gasteiger partial charge in [0.15, 0.2) is 11.5 Å². The molecule has 0 radical (unpaired) electrons. The number of methoxy groups -OCH3 is 2. The molecule has 3 heterocycles. The Hall–Kier alpha value is -3.55. The Morgan fingerprint density at radius 3 is 2.61 bits per heavy atom. The standard InChI is InChI=1S/C30H31FN2O4.CH4/c1-18-4-5-19(10-25(18)31)16-37-30-14-22-20(11-29(30)36-3)8-9-32-15-28-24(13-27(22)32)23-12-21(35-2)6-7-26(23)33(28)17-34;/h4-7,10-12,14,27,34H,8-9,13,15-17H2,1-3H3;1H4. The maximum absolute atomic E-state index is 14.1. The van der Waals surface area contributed by atoms with Crippen molar-refractivity contribution < 1.29 is 23.7 Å². The first kappa shape index (κ1) is 26.1. The summed E-state index contributed by atoms with van der Waals surface area (Å²) < 4.78 is 33.4. The molecule has 0 bridgehead atoms. The van der Waals surface area contributed by atoms with Crippen LogP contribution in [0.3, 0.4) is 0 Å². The quantitative estimate of drug-likeness (QED) is 0.343. The Labute approximate surface area is 223 Å². The Morgan fingerprint density at radius 1 is 1.03 bits per heavy atom. The van der Waals surface area contributed by atoms with Gasteiger partial charge in [0, 0.05) is 30.2 Å². The van der Waals surface area contributed by atoms with Crippen LogP contribution in [0.2, 0.25) is 0 Å². The van der Waals surface area contributed by atoms with Crippen LogP contribution in [-0.2, 0) is 32.7 Å². The van der Waals surface area contributed by atoms with Gasteiger partial charge >= 0.3 is 0 Å². The van der Waals surface area contributed by atoms with Crippen LogP contribution < -0.4 is 14.2 Å². The lowest BCUT2D eigenvalue weighted by Crippen LogP contribution is -2.39. The van der Waals surface area contributed by atoms with Gasteiger partial charge in [-0.15, -0.1) is 0 Å². The van der Waals surface area contributed by atoms with E-state index in [1.807, 2.05) is 22.8 Å². The predicted molar refractivity (Wildman–Crippen MR) is 146 cm³/mol. The van der Waals surface area contributed by atoms with Gasteiger partial charge in [-0.05, 0) is 84.0 Å². The second kappa shape index (κ2) is 10.3. The molecule has 2 aliphatic heterocycles. The fourth-order valence-electron chi connectivity index (χ4n) is 5.89. The van der Waals surface area contributed by atoms with Gasteiger partial charge in [-0.3, -0.25) is 4.90 Å². The van der Waals surface area contributed by atoms with Crippen LogP contribution in [-0.4, -0.2) is 35.3 Å². The molecule has 2 aliphatic rings. The third kappa shape index (κ3) is 4.29. The highest BCUT2D eigenvalue weighted by Crippen LogP contribution is 2.45. The Kier molecular flexibility index (Phi) is 7.07. The lowest BCUT2D eigenvalue weighted by molar-refractivity contribution is 0.145. The summed E-state index contributed by atoms with van der Waals surface area (Å²) in [7, 11) is 3.33. The van der Waals surface area contributed by atoms with Crippen molar-refractivity contribution in [3.63, 3.8) is 0 Å². The number of nitrogens with zero attached hydrogens (tertiary/aromatic N) is 2. The Morgan fingerprint density at radius 2 is 1.87 bits per heavy atom. The van der Waals surface area contributed by atoms with Gasteiger partial charge in [-0.1, -0.05) is 19.6 Å². The van der Waals surface area contributed by atoms with Crippen molar-refractivity contribution in [2.24, 2.45) is 0 Å². The van der Waals surface area contributed by atoms with Crippen LogP contribution >= 0.6 is 0 Å². The molecule has 3 aromatic carbocycles. The van der Waals surface area contributed by atoms with Gasteiger partial charge in [0.1, 0.15) is 24.9 Å². The first-order valence-corrected chi connectivity index (χ1v) is 12.6. The minimum atomic E-state index is -0.231. The van der Waals surface area contributed by atoms with E-state index in [1.54, 1.807) is 27.2 Å². The number of halogens is 1. The third-order valence-electron chi connectivity index (χ3n) is 7.91. The summed E-state index contributed by atoms with van der Waals surface area (Å²) in [5, 5.41) is 11.3. The zero-order chi connectivity index (χ0) is 25.7. The number of rotatable bonds is 6. The van der Waals surface area contributed by atoms with Crippen molar-refractivity contribution in [1.82, 2.24) is 9.47 Å². The van der Waals surface area contributed by atoms with Crippen LogP contribution in [0.4, 0.5) is 4.39 Å². The average molecular weight is 519 g/mol. The normalized spacial score (nSPS) is 16.3. The highest BCUT2D eigenvalue weighted by Gasteiger charge is 2.36. The van der Waals surface area contributed by atoms with E-state index in [0.29, 0.717) is 17.1 Å². The molecular weight excluding hydrogens is 483 g/mol. The fraction of sp³-hybridized carbons (Fsp3) is 0.355. The zero-order valence-electron chi connectivity index (χ0n) is 21.4. The minimum Gasteiger partial charge on any atom is -0.497 e. The Balaban J connectivity index is 0.00000294. The number of aliphatic hydroxyl groups excluding tert-OH is 1. The van der Waals surface area contributed by atoms with E-state index in [2.05, 4.69) is 23.1 Å². The molecule has 0 spiro atoms. The van der Waals surface area contributed by atoms with E-state index in [0.717, 1.165) is 53.8 Å². The highest BCUT2D eigenvalue weighted by atomic mass is 19.1. The summed E-state index contributed by atoms with van der Waals surface area (Å²) in [6, 6.07) is 15.6. The summed E-state index contributed by atoms with van der Waals surface area (Å²) in [6.07, 6.45) is 1.74. The van der Waals surface area contributed by atoms with Crippen LogP contribution in [0, 0.1) is 12.7 Å². The van der Waals surface area contributed by atoms with E-state index in [4.69, 9.17) is 14.2 Å². The highest BCUT2D eigenvalue weighted by molar-refractivity contribution is 5.87. The predicted octanol–water partition coefficient (Wildman–Crippen LogP) is 5.93. The van der Waals surface area contributed by atoms with Crippen LogP contribution in [0.15, 0.2) is 48.5 Å². The summed E-state index contributed by atoms with van der Waals surface area (Å²) in [4.78, 5) is 2.48. The summed E-state index contributed by atoms with van der Waals surface area (Å²) in [5.41, 5.74) is 7.33. The number of aromatic nitrogens is 1. The molecule has 1 atom stereocenters. The number of aliphatic hydroxyl groups is 1. The number of fused-ring (bicyclic) bond motifs is 6. The fourth-order valence-corrected chi connectivity index (χ4v) is 5.89. The number of aryl methyl sites for hydroxylation is 1. The molecule has 1 N–H and O–H groups in total. The number of benzene rings is 3. The van der Waals surface area contributed by atoms with Gasteiger partial charge in [0.25, 0.3) is 0 Å². The molecule has 1 aromatic heterocycles. The van der Waals surface area contributed by atoms with Crippen molar-refractivity contribution in [2.75, 3.05) is 20.8 Å². The lowest BCUT2D eigenvalue weighted by Gasteiger charge is -2.41. The van der Waals surface area contributed by atoms with Gasteiger partial charge in [-0.25, -0.2) is 4.39 Å². The summed E-state index contributed by atoms with van der Waals surface area (Å²) in [6.45, 7) is 3.65. The number of hydrogen-bond donors (Lipinski definition) is 1. The van der Waals surface area contributed by atoms with Crippen molar-refractivity contribution in [2.45, 2.75) is 53.1 Å². The summed E-state index contributed by atoms with van der Waals surface area (Å²) in [5.74, 6) is 1.93. The molecule has 38 heavy (non-hydrogen) atoms. The van der Waals surface area contributed by atoms with Crippen molar-refractivity contribution in [1.29, 1.82) is 0 Å². The maximum Gasteiger partial charge on any atom is 0.162 e. The van der Waals surface area contributed by atoms with Gasteiger partial charge in [0.2, 0.25) is 0 Å². The second-order valence-corrected chi connectivity index (χ2v) is 9.89. The van der Waals surface area contributed by atoms with E-state index in [1.165, 1.54) is 22.8 Å². The van der Waals surface area contributed by atoms with E-state index in [-0.39, 0.29) is 32.6 Å². The average Bonchev–Trinajstić information content (AvgIpc) is 3.23. The monoisotopic (exact) mass is 518 g/mol. The van der Waals surface area contributed by atoms with E-state index < -0.39 is 0 Å². The molecule has 6 rings (SSSR count). The molecule has 0 amide bonds. The van der Waals surface area contributed by atoms with Crippen molar-refractivity contribution in [3.05, 3.63) is 87.9 Å². The molecule has 200 valence electrons. The lowest BCUT2D eigenvalue weighted by atomic mass is 9.85. The van der Waals surface area contributed by atoms with Crippen LogP contribution in [0.25, 0.3) is 10.9 Å². The SMILES string of the molecule is C.COc1ccc2c(c1)c1c(n2CO)CN2CCc3cc(OC)c(OCc4ccc(C)c(F)c4)cc3C2C1. The van der Waals surface area contributed by atoms with Gasteiger partial charge < -0.3 is 23.9 Å². The molecule has 0 saturated carbocycles. The molecule has 4 aromatic rings. The molecule has 0 saturated heterocycles. The number of hydrogen-bond acceptors (Lipinski definition) is 5. The minimum absolute atomic E-state index is 0. The maximum atomic E-state index is 14.1. The largest absolute Gasteiger partial charge is 0.497 e. The molecule has 0 fully saturated rings. The summed E-state index contributed by atoms with van der Waals surface area (Å²) >= 11 is 0. The van der Waals surface area contributed by atoms with Crippen LogP contribution in [0.5, 0.6) is 17.2 Å². The Bertz CT molecular complexity index is 1500. The van der Waals surface area contributed by atoms with Crippen molar-refractivity contribution in [3.8, 4) is 17.2 Å². The van der Waals surface area contributed by atoms with E-state index >= 15 is 0 Å². The van der Waals surface area contributed by atoms with Crippen molar-refractivity contribution >= 4 is 10.9 Å². The molecule has 7 heteroatoms. The first-order chi connectivity index (χ1) is 18.0. The third-order valence-corrected chi connectivity index (χ3v) is 7.91. The molecule has 1 unspecified atom stereocenters. The molecular formula is C31H35FN2O4. The van der Waals surface area contributed by atoms with Gasteiger partial charge in [0.05, 0.1) is 19.7 Å². The topological polar surface area (TPSA) is 56.1 Å². The van der Waals surface area contributed by atoms with Crippen LogP contribution in [0.1, 0.15) is 47.0 Å². The zero-order valence-corrected chi connectivity index (χ0v) is 21.4. The smallest absolute Gasteiger partial charge is 0.162 e. The van der Waals surface area contributed by atoms with E-state index in [9.17, 15) is 9.50 Å². The first-order valence-electron chi connectivity index (χ1n) is 12.6. The molecule has 6 nitrogen and oxygen atoms in total.